The molecule has 4 rings (SSSR count). The van der Waals surface area contributed by atoms with Crippen molar-refractivity contribution in [2.24, 2.45) is 0 Å². The molecule has 31 heavy (non-hydrogen) atoms. The molecule has 0 N–H and O–H groups in total. The first kappa shape index (κ1) is 21.5. The van der Waals surface area contributed by atoms with E-state index < -0.39 is 0 Å². The first-order valence-electron chi connectivity index (χ1n) is 9.98. The Labute approximate surface area is 191 Å². The number of aromatic nitrogens is 1. The fourth-order valence-electron chi connectivity index (χ4n) is 4.22. The molecule has 0 unspecified atom stereocenters. The number of anilines is 1. The molecule has 2 aromatic carbocycles. The van der Waals surface area contributed by atoms with E-state index in [0.29, 0.717) is 15.6 Å². The average Bonchev–Trinajstić information content (AvgIpc) is 3.12. The summed E-state index contributed by atoms with van der Waals surface area (Å²) in [6, 6.07) is 13.1. The number of benzene rings is 2. The van der Waals surface area contributed by atoms with Gasteiger partial charge in [0.1, 0.15) is 0 Å². The van der Waals surface area contributed by atoms with Crippen LogP contribution in [0.5, 0.6) is 0 Å². The summed E-state index contributed by atoms with van der Waals surface area (Å²) in [5.41, 5.74) is 8.36. The van der Waals surface area contributed by atoms with E-state index in [-0.39, 0.29) is 11.1 Å². The van der Waals surface area contributed by atoms with Gasteiger partial charge in [0, 0.05) is 16.4 Å². The van der Waals surface area contributed by atoms with Gasteiger partial charge in [0.25, 0.3) is 11.1 Å². The van der Waals surface area contributed by atoms with Crippen LogP contribution in [-0.2, 0) is 4.79 Å². The lowest BCUT2D eigenvalue weighted by Gasteiger charge is -2.17. The van der Waals surface area contributed by atoms with Crippen LogP contribution in [0.4, 0.5) is 10.5 Å². The summed E-state index contributed by atoms with van der Waals surface area (Å²) in [7, 11) is 0. The van der Waals surface area contributed by atoms with E-state index in [4.69, 9.17) is 11.6 Å². The minimum Gasteiger partial charge on any atom is -0.317 e. The molecule has 0 radical (unpaired) electrons. The van der Waals surface area contributed by atoms with Crippen LogP contribution in [0, 0.1) is 34.6 Å². The van der Waals surface area contributed by atoms with E-state index in [1.54, 1.807) is 24.3 Å². The molecular formula is C25H23ClN2O2S. The van der Waals surface area contributed by atoms with Crippen LogP contribution in [0.25, 0.3) is 11.8 Å². The maximum absolute atomic E-state index is 13.0. The molecule has 1 saturated heterocycles. The summed E-state index contributed by atoms with van der Waals surface area (Å²) < 4.78 is 2.22. The molecule has 2 amide bonds. The van der Waals surface area contributed by atoms with Crippen molar-refractivity contribution in [3.8, 4) is 5.69 Å². The Morgan fingerprint density at radius 3 is 2.13 bits per heavy atom. The molecule has 4 nitrogen and oxygen atoms in total. The number of nitrogens with zero attached hydrogens (tertiary/aromatic N) is 2. The van der Waals surface area contributed by atoms with E-state index in [9.17, 15) is 9.59 Å². The van der Waals surface area contributed by atoms with Gasteiger partial charge in [-0.05, 0) is 99.5 Å². The predicted molar refractivity (Wildman–Crippen MR) is 129 cm³/mol. The molecule has 0 atom stereocenters. The van der Waals surface area contributed by atoms with Crippen LogP contribution >= 0.6 is 23.4 Å². The van der Waals surface area contributed by atoms with Gasteiger partial charge < -0.3 is 4.57 Å². The van der Waals surface area contributed by atoms with Crippen LogP contribution < -0.4 is 4.90 Å². The zero-order chi connectivity index (χ0) is 22.4. The van der Waals surface area contributed by atoms with E-state index in [2.05, 4.69) is 50.5 Å². The molecule has 0 aliphatic carbocycles. The van der Waals surface area contributed by atoms with Gasteiger partial charge in [-0.25, -0.2) is 4.90 Å². The summed E-state index contributed by atoms with van der Waals surface area (Å²) in [6.45, 7) is 10.4. The first-order chi connectivity index (χ1) is 14.7. The largest absolute Gasteiger partial charge is 0.317 e. The molecular weight excluding hydrogens is 428 g/mol. The lowest BCUT2D eigenvalue weighted by atomic mass is 10.0. The molecule has 158 valence electrons. The second kappa shape index (κ2) is 8.06. The van der Waals surface area contributed by atoms with Gasteiger partial charge >= 0.3 is 0 Å². The van der Waals surface area contributed by atoms with Crippen molar-refractivity contribution in [1.82, 2.24) is 4.57 Å². The fourth-order valence-corrected chi connectivity index (χ4v) is 5.18. The highest BCUT2D eigenvalue weighted by molar-refractivity contribution is 8.19. The quantitative estimate of drug-likeness (QED) is 0.407. The minimum absolute atomic E-state index is 0.308. The highest BCUT2D eigenvalue weighted by Crippen LogP contribution is 2.37. The lowest BCUT2D eigenvalue weighted by molar-refractivity contribution is -0.113. The summed E-state index contributed by atoms with van der Waals surface area (Å²) in [6.07, 6.45) is 1.82. The Morgan fingerprint density at radius 1 is 0.903 bits per heavy atom. The van der Waals surface area contributed by atoms with Crippen LogP contribution in [0.1, 0.15) is 33.6 Å². The van der Waals surface area contributed by atoms with E-state index in [1.165, 1.54) is 21.6 Å². The van der Waals surface area contributed by atoms with Crippen molar-refractivity contribution >= 4 is 46.3 Å². The number of aryl methyl sites for hydroxylation is 4. The number of carbonyl (C=O) groups is 2. The predicted octanol–water partition coefficient (Wildman–Crippen LogP) is 6.91. The number of hydrogen-bond acceptors (Lipinski definition) is 3. The summed E-state index contributed by atoms with van der Waals surface area (Å²) >= 11 is 6.90. The third-order valence-electron chi connectivity index (χ3n) is 5.49. The summed E-state index contributed by atoms with van der Waals surface area (Å²) in [4.78, 5) is 27.2. The SMILES string of the molecule is Cc1cc(C)c(-n2c(C)cc(/C=C3/SC(=O)N(c4ccc(Cl)cc4)C3=O)c2C)c(C)c1. The minimum atomic E-state index is -0.315. The second-order valence-electron chi connectivity index (χ2n) is 7.90. The van der Waals surface area contributed by atoms with Crippen molar-refractivity contribution in [3.63, 3.8) is 0 Å². The van der Waals surface area contributed by atoms with E-state index in [0.717, 1.165) is 34.4 Å². The third kappa shape index (κ3) is 3.84. The number of carbonyl (C=O) groups excluding carboxylic acids is 2. The van der Waals surface area contributed by atoms with E-state index in [1.807, 2.05) is 13.0 Å². The van der Waals surface area contributed by atoms with Crippen molar-refractivity contribution in [1.29, 1.82) is 0 Å². The van der Waals surface area contributed by atoms with Gasteiger partial charge in [-0.15, -0.1) is 0 Å². The Hall–Kier alpha value is -2.76. The highest BCUT2D eigenvalue weighted by atomic mass is 35.5. The van der Waals surface area contributed by atoms with Gasteiger partial charge in [-0.2, -0.15) is 0 Å². The number of hydrogen-bond donors (Lipinski definition) is 0. The summed E-state index contributed by atoms with van der Waals surface area (Å²) in [5, 5.41) is 0.248. The molecule has 0 saturated carbocycles. The first-order valence-corrected chi connectivity index (χ1v) is 11.2. The van der Waals surface area contributed by atoms with Gasteiger partial charge in [-0.3, -0.25) is 9.59 Å². The topological polar surface area (TPSA) is 42.3 Å². The van der Waals surface area contributed by atoms with Crippen molar-refractivity contribution < 1.29 is 9.59 Å². The molecule has 3 aromatic rings. The van der Waals surface area contributed by atoms with E-state index >= 15 is 0 Å². The Kier molecular flexibility index (Phi) is 5.58. The highest BCUT2D eigenvalue weighted by Gasteiger charge is 2.36. The number of imide groups is 1. The Morgan fingerprint density at radius 2 is 1.52 bits per heavy atom. The fraction of sp³-hybridized carbons (Fsp3) is 0.200. The standard InChI is InChI=1S/C25H23ClN2O2S/c1-14-10-15(2)23(16(3)11-14)27-17(4)12-19(18(27)5)13-22-24(29)28(25(30)31-22)21-8-6-20(26)7-9-21/h6-13H,1-5H3/b22-13+. The molecule has 1 aromatic heterocycles. The van der Waals surface area contributed by atoms with Crippen LogP contribution in [0.15, 0.2) is 47.4 Å². The lowest BCUT2D eigenvalue weighted by Crippen LogP contribution is -2.27. The van der Waals surface area contributed by atoms with Gasteiger partial charge in [-0.1, -0.05) is 29.3 Å². The Bertz CT molecular complexity index is 1230. The van der Waals surface area contributed by atoms with Crippen LogP contribution in [-0.4, -0.2) is 15.7 Å². The van der Waals surface area contributed by atoms with Gasteiger partial charge in [0.15, 0.2) is 0 Å². The van der Waals surface area contributed by atoms with Gasteiger partial charge in [0.2, 0.25) is 0 Å². The molecule has 2 heterocycles. The van der Waals surface area contributed by atoms with Crippen LogP contribution in [0.3, 0.4) is 0 Å². The van der Waals surface area contributed by atoms with Gasteiger partial charge in [0.05, 0.1) is 16.3 Å². The zero-order valence-corrected chi connectivity index (χ0v) is 19.7. The van der Waals surface area contributed by atoms with Crippen LogP contribution in [0.2, 0.25) is 5.02 Å². The van der Waals surface area contributed by atoms with Crippen molar-refractivity contribution in [2.75, 3.05) is 4.90 Å². The summed E-state index contributed by atoms with van der Waals surface area (Å²) in [5.74, 6) is -0.315. The number of rotatable bonds is 3. The molecule has 0 bridgehead atoms. The normalized spacial score (nSPS) is 15.4. The number of amides is 2. The molecule has 1 fully saturated rings. The molecule has 1 aliphatic heterocycles. The molecule has 1 aliphatic rings. The number of halogens is 1. The Balaban J connectivity index is 1.74. The molecule has 6 heteroatoms. The average molecular weight is 451 g/mol. The smallest absolute Gasteiger partial charge is 0.298 e. The number of thioether (sulfide) groups is 1. The van der Waals surface area contributed by atoms with Crippen molar-refractivity contribution in [3.05, 3.63) is 86.0 Å². The zero-order valence-electron chi connectivity index (χ0n) is 18.1. The maximum Gasteiger partial charge on any atom is 0.298 e. The second-order valence-corrected chi connectivity index (χ2v) is 9.33. The molecule has 0 spiro atoms. The van der Waals surface area contributed by atoms with Crippen molar-refractivity contribution in [2.45, 2.75) is 34.6 Å². The maximum atomic E-state index is 13.0. The monoisotopic (exact) mass is 450 g/mol. The third-order valence-corrected chi connectivity index (χ3v) is 6.62.